The van der Waals surface area contributed by atoms with Crippen molar-refractivity contribution in [3.05, 3.63) is 35.4 Å². The van der Waals surface area contributed by atoms with E-state index in [1.807, 2.05) is 0 Å². The van der Waals surface area contributed by atoms with Crippen LogP contribution in [0.3, 0.4) is 0 Å². The molecule has 2 rings (SSSR count). The molecule has 2 unspecified atom stereocenters. The summed E-state index contributed by atoms with van der Waals surface area (Å²) in [7, 11) is 0. The van der Waals surface area contributed by atoms with E-state index in [0.717, 1.165) is 19.0 Å². The summed E-state index contributed by atoms with van der Waals surface area (Å²) in [4.78, 5) is 0. The summed E-state index contributed by atoms with van der Waals surface area (Å²) in [6.45, 7) is 3.13. The monoisotopic (exact) mass is 225 g/mol. The van der Waals surface area contributed by atoms with Crippen LogP contribution in [0.4, 0.5) is 8.78 Å². The van der Waals surface area contributed by atoms with Gasteiger partial charge in [0, 0.05) is 6.04 Å². The fourth-order valence-electron chi connectivity index (χ4n) is 2.39. The van der Waals surface area contributed by atoms with Gasteiger partial charge in [0.2, 0.25) is 0 Å². The smallest absolute Gasteiger partial charge is 0.126 e. The predicted molar refractivity (Wildman–Crippen MR) is 60.3 cm³/mol. The van der Waals surface area contributed by atoms with Gasteiger partial charge in [-0.3, -0.25) is 0 Å². The second-order valence-corrected chi connectivity index (χ2v) is 4.62. The summed E-state index contributed by atoms with van der Waals surface area (Å²) in [5.74, 6) is -0.312. The molecule has 0 radical (unpaired) electrons. The Balaban J connectivity index is 2.04. The molecule has 0 saturated carbocycles. The fourth-order valence-corrected chi connectivity index (χ4v) is 2.39. The predicted octanol–water partition coefficient (Wildman–Crippen LogP) is 2.90. The van der Waals surface area contributed by atoms with Crippen LogP contribution in [-0.2, 0) is 6.42 Å². The number of hydrogen-bond acceptors (Lipinski definition) is 1. The van der Waals surface area contributed by atoms with Gasteiger partial charge in [-0.05, 0) is 55.5 Å². The van der Waals surface area contributed by atoms with E-state index in [1.165, 1.54) is 18.6 Å². The summed E-state index contributed by atoms with van der Waals surface area (Å²) >= 11 is 0. The highest BCUT2D eigenvalue weighted by molar-refractivity contribution is 5.19. The van der Waals surface area contributed by atoms with Gasteiger partial charge in [0.25, 0.3) is 0 Å². The quantitative estimate of drug-likeness (QED) is 0.834. The summed E-state index contributed by atoms with van der Waals surface area (Å²) in [5, 5.41) is 3.39. The molecule has 3 heteroatoms. The van der Waals surface area contributed by atoms with Crippen LogP contribution in [0, 0.1) is 17.6 Å². The number of benzene rings is 1. The third-order valence-corrected chi connectivity index (χ3v) is 3.33. The third-order valence-electron chi connectivity index (χ3n) is 3.33. The SMILES string of the molecule is CC(Cc1cc(F)ccc1F)C1CCCN1. The Morgan fingerprint density at radius 3 is 2.94 bits per heavy atom. The van der Waals surface area contributed by atoms with Gasteiger partial charge in [0.05, 0.1) is 0 Å². The highest BCUT2D eigenvalue weighted by Gasteiger charge is 2.21. The van der Waals surface area contributed by atoms with E-state index in [-0.39, 0.29) is 11.6 Å². The highest BCUT2D eigenvalue weighted by atomic mass is 19.1. The summed E-state index contributed by atoms with van der Waals surface area (Å²) in [5.41, 5.74) is 0.487. The van der Waals surface area contributed by atoms with E-state index in [4.69, 9.17) is 0 Å². The number of hydrogen-bond donors (Lipinski definition) is 1. The van der Waals surface area contributed by atoms with Crippen LogP contribution in [0.25, 0.3) is 0 Å². The Hall–Kier alpha value is -0.960. The van der Waals surface area contributed by atoms with Gasteiger partial charge in [0.1, 0.15) is 11.6 Å². The third kappa shape index (κ3) is 2.59. The molecule has 1 N–H and O–H groups in total. The Labute approximate surface area is 94.9 Å². The van der Waals surface area contributed by atoms with Crippen LogP contribution in [0.5, 0.6) is 0 Å². The standard InChI is InChI=1S/C13H17F2N/c1-9(13-3-2-6-16-13)7-10-8-11(14)4-5-12(10)15/h4-5,8-9,13,16H,2-3,6-7H2,1H3. The largest absolute Gasteiger partial charge is 0.314 e. The second kappa shape index (κ2) is 4.91. The molecule has 1 saturated heterocycles. The van der Waals surface area contributed by atoms with Crippen LogP contribution in [0.1, 0.15) is 25.3 Å². The van der Waals surface area contributed by atoms with Gasteiger partial charge >= 0.3 is 0 Å². The fraction of sp³-hybridized carbons (Fsp3) is 0.538. The van der Waals surface area contributed by atoms with Crippen molar-refractivity contribution in [2.75, 3.05) is 6.54 Å². The molecule has 0 amide bonds. The van der Waals surface area contributed by atoms with Gasteiger partial charge < -0.3 is 5.32 Å². The molecule has 88 valence electrons. The Morgan fingerprint density at radius 2 is 2.25 bits per heavy atom. The highest BCUT2D eigenvalue weighted by Crippen LogP contribution is 2.21. The minimum atomic E-state index is -0.358. The number of halogens is 2. The zero-order chi connectivity index (χ0) is 11.5. The minimum Gasteiger partial charge on any atom is -0.314 e. The van der Waals surface area contributed by atoms with Crippen molar-refractivity contribution in [1.82, 2.24) is 5.32 Å². The van der Waals surface area contributed by atoms with E-state index in [9.17, 15) is 8.78 Å². The lowest BCUT2D eigenvalue weighted by Gasteiger charge is -2.19. The zero-order valence-corrected chi connectivity index (χ0v) is 9.47. The van der Waals surface area contributed by atoms with Gasteiger partial charge in [-0.25, -0.2) is 8.78 Å². The zero-order valence-electron chi connectivity index (χ0n) is 9.47. The van der Waals surface area contributed by atoms with Crippen molar-refractivity contribution >= 4 is 0 Å². The number of nitrogens with one attached hydrogen (secondary N) is 1. The molecule has 1 aromatic carbocycles. The second-order valence-electron chi connectivity index (χ2n) is 4.62. The maximum atomic E-state index is 13.4. The lowest BCUT2D eigenvalue weighted by atomic mass is 9.93. The summed E-state index contributed by atoms with van der Waals surface area (Å²) in [6.07, 6.45) is 2.92. The van der Waals surface area contributed by atoms with Gasteiger partial charge in [-0.15, -0.1) is 0 Å². The van der Waals surface area contributed by atoms with E-state index in [0.29, 0.717) is 23.9 Å². The van der Waals surface area contributed by atoms with E-state index >= 15 is 0 Å². The molecule has 1 nitrogen and oxygen atoms in total. The first-order chi connectivity index (χ1) is 7.66. The van der Waals surface area contributed by atoms with Gasteiger partial charge in [0.15, 0.2) is 0 Å². The Morgan fingerprint density at radius 1 is 1.44 bits per heavy atom. The lowest BCUT2D eigenvalue weighted by Crippen LogP contribution is -2.30. The number of rotatable bonds is 3. The molecule has 0 spiro atoms. The summed E-state index contributed by atoms with van der Waals surface area (Å²) in [6, 6.07) is 4.13. The van der Waals surface area contributed by atoms with Crippen LogP contribution in [0.2, 0.25) is 0 Å². The van der Waals surface area contributed by atoms with Crippen LogP contribution in [-0.4, -0.2) is 12.6 Å². The van der Waals surface area contributed by atoms with E-state index in [2.05, 4.69) is 12.2 Å². The molecule has 0 aliphatic carbocycles. The van der Waals surface area contributed by atoms with Gasteiger partial charge in [-0.2, -0.15) is 0 Å². The van der Waals surface area contributed by atoms with Crippen LogP contribution >= 0.6 is 0 Å². The molecule has 0 bridgehead atoms. The van der Waals surface area contributed by atoms with Crippen LogP contribution in [0.15, 0.2) is 18.2 Å². The molecule has 2 atom stereocenters. The normalized spacial score (nSPS) is 22.3. The van der Waals surface area contributed by atoms with Crippen molar-refractivity contribution < 1.29 is 8.78 Å². The molecular formula is C13H17F2N. The Bertz CT molecular complexity index is 359. The molecule has 1 aliphatic rings. The van der Waals surface area contributed by atoms with Crippen molar-refractivity contribution in [3.8, 4) is 0 Å². The molecular weight excluding hydrogens is 208 g/mol. The van der Waals surface area contributed by atoms with Gasteiger partial charge in [-0.1, -0.05) is 6.92 Å². The molecule has 1 aromatic rings. The molecule has 1 heterocycles. The van der Waals surface area contributed by atoms with Crippen molar-refractivity contribution in [1.29, 1.82) is 0 Å². The summed E-state index contributed by atoms with van der Waals surface area (Å²) < 4.78 is 26.4. The van der Waals surface area contributed by atoms with Crippen LogP contribution < -0.4 is 5.32 Å². The first kappa shape index (κ1) is 11.5. The lowest BCUT2D eigenvalue weighted by molar-refractivity contribution is 0.410. The maximum Gasteiger partial charge on any atom is 0.126 e. The maximum absolute atomic E-state index is 13.4. The first-order valence-electron chi connectivity index (χ1n) is 5.84. The molecule has 1 fully saturated rings. The molecule has 1 aliphatic heterocycles. The van der Waals surface area contributed by atoms with E-state index in [1.54, 1.807) is 0 Å². The first-order valence-corrected chi connectivity index (χ1v) is 5.84. The average molecular weight is 225 g/mol. The molecule has 0 aromatic heterocycles. The molecule has 16 heavy (non-hydrogen) atoms. The Kier molecular flexibility index (Phi) is 3.54. The minimum absolute atomic E-state index is 0.300. The average Bonchev–Trinajstić information content (AvgIpc) is 2.76. The van der Waals surface area contributed by atoms with Crippen molar-refractivity contribution in [3.63, 3.8) is 0 Å². The topological polar surface area (TPSA) is 12.0 Å². The van der Waals surface area contributed by atoms with Crippen molar-refractivity contribution in [2.24, 2.45) is 5.92 Å². The van der Waals surface area contributed by atoms with Crippen molar-refractivity contribution in [2.45, 2.75) is 32.2 Å². The van der Waals surface area contributed by atoms with E-state index < -0.39 is 0 Å².